The lowest BCUT2D eigenvalue weighted by molar-refractivity contribution is 1.18. The van der Waals surface area contributed by atoms with E-state index in [0.29, 0.717) is 0 Å². The highest BCUT2D eigenvalue weighted by Gasteiger charge is 2.18. The zero-order valence-corrected chi connectivity index (χ0v) is 28.5. The molecule has 52 heavy (non-hydrogen) atoms. The Bertz CT molecular complexity index is 2900. The van der Waals surface area contributed by atoms with Gasteiger partial charge in [0.15, 0.2) is 0 Å². The van der Waals surface area contributed by atoms with Crippen molar-refractivity contribution in [2.75, 3.05) is 4.90 Å². The predicted octanol–water partition coefficient (Wildman–Crippen LogP) is 13.9. The third kappa shape index (κ3) is 5.21. The number of para-hydroxylation sites is 3. The first kappa shape index (κ1) is 30.0. The molecular formula is C50H34N2. The monoisotopic (exact) mass is 662 g/mol. The number of hydrogen-bond donors (Lipinski definition) is 0. The van der Waals surface area contributed by atoms with Gasteiger partial charge in [0.1, 0.15) is 0 Å². The SMILES string of the molecule is c1ccc(N(c2ccc3cc(-c4cccc(-c5ccc6ccccc6c5)c4)ccc3c2)c2ccc3c4ccccc4n(-c4ccccc4)c3c2)cc1. The van der Waals surface area contributed by atoms with E-state index >= 15 is 0 Å². The number of hydrogen-bond acceptors (Lipinski definition) is 1. The second-order valence-corrected chi connectivity index (χ2v) is 13.4. The van der Waals surface area contributed by atoms with Crippen molar-refractivity contribution in [1.82, 2.24) is 4.57 Å². The van der Waals surface area contributed by atoms with Gasteiger partial charge in [0.05, 0.1) is 11.0 Å². The molecule has 0 bridgehead atoms. The maximum atomic E-state index is 2.38. The van der Waals surface area contributed by atoms with Crippen molar-refractivity contribution in [3.05, 3.63) is 206 Å². The van der Waals surface area contributed by atoms with Gasteiger partial charge in [0, 0.05) is 33.5 Å². The van der Waals surface area contributed by atoms with E-state index in [1.807, 2.05) is 0 Å². The molecule has 0 aliphatic carbocycles. The minimum Gasteiger partial charge on any atom is -0.310 e. The van der Waals surface area contributed by atoms with Crippen LogP contribution in [-0.2, 0) is 0 Å². The topological polar surface area (TPSA) is 8.17 Å². The summed E-state index contributed by atoms with van der Waals surface area (Å²) < 4.78 is 2.38. The van der Waals surface area contributed by atoms with Crippen LogP contribution in [0.3, 0.4) is 0 Å². The molecule has 0 saturated carbocycles. The van der Waals surface area contributed by atoms with Crippen LogP contribution in [0.1, 0.15) is 0 Å². The Morgan fingerprint density at radius 2 is 0.827 bits per heavy atom. The highest BCUT2D eigenvalue weighted by Crippen LogP contribution is 2.41. The van der Waals surface area contributed by atoms with Crippen molar-refractivity contribution >= 4 is 60.4 Å². The molecule has 0 spiro atoms. The van der Waals surface area contributed by atoms with Gasteiger partial charge in [-0.3, -0.25) is 0 Å². The highest BCUT2D eigenvalue weighted by molar-refractivity contribution is 6.10. The van der Waals surface area contributed by atoms with E-state index in [1.165, 1.54) is 65.6 Å². The van der Waals surface area contributed by atoms with E-state index in [-0.39, 0.29) is 0 Å². The molecule has 244 valence electrons. The summed E-state index contributed by atoms with van der Waals surface area (Å²) >= 11 is 0. The molecule has 0 aliphatic rings. The molecule has 9 aromatic carbocycles. The van der Waals surface area contributed by atoms with Crippen molar-refractivity contribution in [3.63, 3.8) is 0 Å². The van der Waals surface area contributed by atoms with Crippen molar-refractivity contribution < 1.29 is 0 Å². The Morgan fingerprint density at radius 1 is 0.288 bits per heavy atom. The van der Waals surface area contributed by atoms with Gasteiger partial charge in [-0.15, -0.1) is 0 Å². The van der Waals surface area contributed by atoms with E-state index < -0.39 is 0 Å². The van der Waals surface area contributed by atoms with Crippen molar-refractivity contribution in [2.45, 2.75) is 0 Å². The minimum atomic E-state index is 1.11. The van der Waals surface area contributed by atoms with Crippen LogP contribution in [0.5, 0.6) is 0 Å². The summed E-state index contributed by atoms with van der Waals surface area (Å²) in [5.74, 6) is 0. The van der Waals surface area contributed by atoms with E-state index in [2.05, 4.69) is 216 Å². The second-order valence-electron chi connectivity index (χ2n) is 13.4. The lowest BCUT2D eigenvalue weighted by Crippen LogP contribution is -2.10. The molecule has 0 saturated heterocycles. The highest BCUT2D eigenvalue weighted by atomic mass is 15.1. The summed E-state index contributed by atoms with van der Waals surface area (Å²) in [6.45, 7) is 0. The van der Waals surface area contributed by atoms with Crippen LogP contribution < -0.4 is 4.90 Å². The zero-order chi connectivity index (χ0) is 34.4. The van der Waals surface area contributed by atoms with Crippen LogP contribution in [0.15, 0.2) is 206 Å². The molecule has 2 heteroatoms. The van der Waals surface area contributed by atoms with Crippen molar-refractivity contribution in [1.29, 1.82) is 0 Å². The number of nitrogens with zero attached hydrogens (tertiary/aromatic N) is 2. The van der Waals surface area contributed by atoms with Gasteiger partial charge in [-0.05, 0) is 117 Å². The van der Waals surface area contributed by atoms with Gasteiger partial charge in [-0.25, -0.2) is 0 Å². The fourth-order valence-electron chi connectivity index (χ4n) is 7.78. The smallest absolute Gasteiger partial charge is 0.0561 e. The molecule has 0 amide bonds. The van der Waals surface area contributed by atoms with Gasteiger partial charge in [-0.1, -0.05) is 133 Å². The van der Waals surface area contributed by atoms with Crippen LogP contribution in [0, 0.1) is 0 Å². The second kappa shape index (κ2) is 12.5. The third-order valence-electron chi connectivity index (χ3n) is 10.3. The molecule has 0 fully saturated rings. The summed E-state index contributed by atoms with van der Waals surface area (Å²) in [6.07, 6.45) is 0. The Hall–Kier alpha value is -6.90. The Kier molecular flexibility index (Phi) is 7.18. The van der Waals surface area contributed by atoms with Crippen molar-refractivity contribution in [2.24, 2.45) is 0 Å². The van der Waals surface area contributed by atoms with E-state index in [9.17, 15) is 0 Å². The van der Waals surface area contributed by atoms with E-state index in [4.69, 9.17) is 0 Å². The molecule has 10 aromatic rings. The fourth-order valence-corrected chi connectivity index (χ4v) is 7.78. The van der Waals surface area contributed by atoms with E-state index in [1.54, 1.807) is 0 Å². The van der Waals surface area contributed by atoms with E-state index in [0.717, 1.165) is 22.7 Å². The summed E-state index contributed by atoms with van der Waals surface area (Å²) in [5, 5.41) is 7.43. The summed E-state index contributed by atoms with van der Waals surface area (Å²) in [5.41, 5.74) is 11.8. The van der Waals surface area contributed by atoms with Crippen LogP contribution in [0.25, 0.3) is 71.3 Å². The number of benzene rings is 9. The number of rotatable bonds is 6. The van der Waals surface area contributed by atoms with Gasteiger partial charge in [0.25, 0.3) is 0 Å². The standard InChI is InChI=1S/C50H34N2/c1-3-16-43(17-4-1)51(46-28-29-48-47-20-9-10-21-49(47)52(50(48)34-46)44-18-5-2-6-19-44)45-27-26-41-32-40(24-25-42(41)33-45)38-15-11-14-37(31-38)39-23-22-35-12-7-8-13-36(35)30-39/h1-34H. The molecule has 0 aliphatic heterocycles. The number of aromatic nitrogens is 1. The molecule has 2 nitrogen and oxygen atoms in total. The maximum absolute atomic E-state index is 2.38. The lowest BCUT2D eigenvalue weighted by atomic mass is 9.96. The Labute approximate surface area is 303 Å². The quantitative estimate of drug-likeness (QED) is 0.172. The molecule has 10 rings (SSSR count). The fraction of sp³-hybridized carbons (Fsp3) is 0. The van der Waals surface area contributed by atoms with Crippen LogP contribution >= 0.6 is 0 Å². The number of anilines is 3. The lowest BCUT2D eigenvalue weighted by Gasteiger charge is -2.26. The van der Waals surface area contributed by atoms with Gasteiger partial charge >= 0.3 is 0 Å². The Morgan fingerprint density at radius 3 is 1.62 bits per heavy atom. The minimum absolute atomic E-state index is 1.11. The maximum Gasteiger partial charge on any atom is 0.0561 e. The van der Waals surface area contributed by atoms with Gasteiger partial charge < -0.3 is 9.47 Å². The summed E-state index contributed by atoms with van der Waals surface area (Å²) in [7, 11) is 0. The first-order chi connectivity index (χ1) is 25.8. The van der Waals surface area contributed by atoms with Gasteiger partial charge in [0.2, 0.25) is 0 Å². The summed E-state index contributed by atoms with van der Waals surface area (Å²) in [4.78, 5) is 2.37. The molecular weight excluding hydrogens is 629 g/mol. The average molecular weight is 663 g/mol. The Balaban J connectivity index is 1.06. The molecule has 0 unspecified atom stereocenters. The zero-order valence-electron chi connectivity index (χ0n) is 28.5. The molecule has 0 atom stereocenters. The molecule has 1 heterocycles. The largest absolute Gasteiger partial charge is 0.310 e. The normalized spacial score (nSPS) is 11.5. The third-order valence-corrected chi connectivity index (χ3v) is 10.3. The number of fused-ring (bicyclic) bond motifs is 5. The van der Waals surface area contributed by atoms with Crippen molar-refractivity contribution in [3.8, 4) is 27.9 Å². The summed E-state index contributed by atoms with van der Waals surface area (Å²) in [6, 6.07) is 74.7. The van der Waals surface area contributed by atoms with Crippen LogP contribution in [0.2, 0.25) is 0 Å². The van der Waals surface area contributed by atoms with Gasteiger partial charge in [-0.2, -0.15) is 0 Å². The van der Waals surface area contributed by atoms with Crippen LogP contribution in [-0.4, -0.2) is 4.57 Å². The first-order valence-corrected chi connectivity index (χ1v) is 17.8. The van der Waals surface area contributed by atoms with Crippen LogP contribution in [0.4, 0.5) is 17.1 Å². The first-order valence-electron chi connectivity index (χ1n) is 17.8. The predicted molar refractivity (Wildman–Crippen MR) is 221 cm³/mol. The average Bonchev–Trinajstić information content (AvgIpc) is 3.55. The molecule has 0 radical (unpaired) electrons. The molecule has 0 N–H and O–H groups in total. The molecule has 1 aromatic heterocycles.